The van der Waals surface area contributed by atoms with E-state index in [9.17, 15) is 4.79 Å². The number of benzene rings is 1. The maximum Gasteiger partial charge on any atom is 0.252 e. The lowest BCUT2D eigenvalue weighted by molar-refractivity contribution is -0.117. The molecular weight excluding hydrogens is 246 g/mol. The van der Waals surface area contributed by atoms with Crippen LogP contribution in [0.2, 0.25) is 0 Å². The summed E-state index contributed by atoms with van der Waals surface area (Å²) in [4.78, 5) is 12.5. The standard InChI is InChI=1S/C18H15NO/c20-18(16-10-8-12-5-3-7-14(12)16)19-17-11-9-13-4-1-2-6-15(13)17/h1-8,10,17H,9,11H2,(H,19,20)/t17-/m1/s1. The molecule has 0 saturated carbocycles. The van der Waals surface area contributed by atoms with Crippen LogP contribution in [-0.4, -0.2) is 5.91 Å². The van der Waals surface area contributed by atoms with E-state index in [1.54, 1.807) is 0 Å². The van der Waals surface area contributed by atoms with Crippen LogP contribution in [0.3, 0.4) is 0 Å². The average molecular weight is 261 g/mol. The second-order valence-electron chi connectivity index (χ2n) is 5.41. The van der Waals surface area contributed by atoms with Crippen LogP contribution in [0, 0.1) is 0 Å². The van der Waals surface area contributed by atoms with Crippen molar-refractivity contribution in [3.8, 4) is 0 Å². The van der Waals surface area contributed by atoms with Crippen LogP contribution in [0.4, 0.5) is 0 Å². The highest BCUT2D eigenvalue weighted by atomic mass is 16.1. The summed E-state index contributed by atoms with van der Waals surface area (Å²) in [5, 5.41) is 3.18. The van der Waals surface area contributed by atoms with Crippen LogP contribution in [-0.2, 0) is 11.2 Å². The highest BCUT2D eigenvalue weighted by Crippen LogP contribution is 2.33. The fourth-order valence-corrected chi connectivity index (χ4v) is 3.23. The smallest absolute Gasteiger partial charge is 0.252 e. The number of rotatable bonds is 2. The molecule has 0 heterocycles. The molecule has 3 aliphatic rings. The molecule has 0 aliphatic heterocycles. The van der Waals surface area contributed by atoms with Gasteiger partial charge in [0, 0.05) is 5.57 Å². The molecule has 1 atom stereocenters. The van der Waals surface area contributed by atoms with Gasteiger partial charge in [-0.3, -0.25) is 4.79 Å². The topological polar surface area (TPSA) is 29.1 Å². The van der Waals surface area contributed by atoms with Gasteiger partial charge in [-0.1, -0.05) is 48.6 Å². The predicted octanol–water partition coefficient (Wildman–Crippen LogP) is 3.15. The van der Waals surface area contributed by atoms with Crippen molar-refractivity contribution >= 4 is 5.91 Å². The van der Waals surface area contributed by atoms with Crippen LogP contribution < -0.4 is 5.32 Å². The van der Waals surface area contributed by atoms with Gasteiger partial charge in [0.2, 0.25) is 0 Å². The van der Waals surface area contributed by atoms with Gasteiger partial charge in [-0.25, -0.2) is 0 Å². The van der Waals surface area contributed by atoms with Gasteiger partial charge in [0.05, 0.1) is 6.04 Å². The van der Waals surface area contributed by atoms with Crippen molar-refractivity contribution in [2.45, 2.75) is 18.9 Å². The van der Waals surface area contributed by atoms with E-state index in [4.69, 9.17) is 0 Å². The van der Waals surface area contributed by atoms with Crippen LogP contribution in [0.25, 0.3) is 0 Å². The van der Waals surface area contributed by atoms with Crippen LogP contribution >= 0.6 is 0 Å². The second-order valence-corrected chi connectivity index (χ2v) is 5.41. The molecule has 0 saturated heterocycles. The highest BCUT2D eigenvalue weighted by molar-refractivity contribution is 6.00. The highest BCUT2D eigenvalue weighted by Gasteiger charge is 2.26. The summed E-state index contributed by atoms with van der Waals surface area (Å²) in [7, 11) is 0. The van der Waals surface area contributed by atoms with Crippen LogP contribution in [0.15, 0.2) is 71.4 Å². The molecule has 0 fully saturated rings. The Bertz CT molecular complexity index is 719. The van der Waals surface area contributed by atoms with Gasteiger partial charge in [-0.15, -0.1) is 0 Å². The number of hydrogen-bond donors (Lipinski definition) is 1. The fourth-order valence-electron chi connectivity index (χ4n) is 3.23. The number of amides is 1. The van der Waals surface area contributed by atoms with Gasteiger partial charge in [-0.2, -0.15) is 0 Å². The first-order chi connectivity index (χ1) is 9.83. The molecule has 0 bridgehead atoms. The summed E-state index contributed by atoms with van der Waals surface area (Å²) in [6.45, 7) is 0. The quantitative estimate of drug-likeness (QED) is 0.870. The molecule has 4 rings (SSSR count). The molecule has 0 radical (unpaired) electrons. The number of hydrogen-bond acceptors (Lipinski definition) is 1. The van der Waals surface area contributed by atoms with Gasteiger partial charge in [0.15, 0.2) is 0 Å². The summed E-state index contributed by atoms with van der Waals surface area (Å²) in [6, 6.07) is 8.53. The summed E-state index contributed by atoms with van der Waals surface area (Å²) in [5.74, 6) is 0.0351. The van der Waals surface area contributed by atoms with Crippen molar-refractivity contribution in [2.75, 3.05) is 0 Å². The average Bonchev–Trinajstić information content (AvgIpc) is 3.13. The molecule has 20 heavy (non-hydrogen) atoms. The third-order valence-electron chi connectivity index (χ3n) is 4.25. The molecule has 1 N–H and O–H groups in total. The van der Waals surface area contributed by atoms with Gasteiger partial charge in [0.1, 0.15) is 0 Å². The molecule has 1 amide bonds. The predicted molar refractivity (Wildman–Crippen MR) is 79.0 cm³/mol. The zero-order valence-corrected chi connectivity index (χ0v) is 11.1. The monoisotopic (exact) mass is 261 g/mol. The first-order valence-corrected chi connectivity index (χ1v) is 7.03. The maximum absolute atomic E-state index is 12.5. The Morgan fingerprint density at radius 2 is 2.05 bits per heavy atom. The zero-order valence-electron chi connectivity index (χ0n) is 11.1. The molecule has 2 nitrogen and oxygen atoms in total. The number of nitrogens with one attached hydrogen (secondary N) is 1. The molecule has 0 unspecified atom stereocenters. The van der Waals surface area contributed by atoms with Crippen molar-refractivity contribution in [1.29, 1.82) is 0 Å². The largest absolute Gasteiger partial charge is 0.345 e. The molecule has 98 valence electrons. The fraction of sp³-hybridized carbons (Fsp3) is 0.167. The van der Waals surface area contributed by atoms with Crippen molar-refractivity contribution in [1.82, 2.24) is 5.32 Å². The number of fused-ring (bicyclic) bond motifs is 2. The van der Waals surface area contributed by atoms with E-state index in [0.29, 0.717) is 0 Å². The van der Waals surface area contributed by atoms with E-state index >= 15 is 0 Å². The lowest BCUT2D eigenvalue weighted by Gasteiger charge is -2.14. The maximum atomic E-state index is 12.5. The van der Waals surface area contributed by atoms with E-state index in [0.717, 1.165) is 29.6 Å². The third-order valence-corrected chi connectivity index (χ3v) is 4.25. The lowest BCUT2D eigenvalue weighted by Crippen LogP contribution is -2.28. The summed E-state index contributed by atoms with van der Waals surface area (Å²) < 4.78 is 0. The number of carbonyl (C=O) groups is 1. The Morgan fingerprint density at radius 1 is 1.15 bits per heavy atom. The Morgan fingerprint density at radius 3 is 3.00 bits per heavy atom. The Kier molecular flexibility index (Phi) is 2.49. The van der Waals surface area contributed by atoms with Crippen molar-refractivity contribution in [2.24, 2.45) is 0 Å². The van der Waals surface area contributed by atoms with Crippen LogP contribution in [0.5, 0.6) is 0 Å². The number of aryl methyl sites for hydroxylation is 1. The summed E-state index contributed by atoms with van der Waals surface area (Å²) in [6.07, 6.45) is 12.0. The van der Waals surface area contributed by atoms with Gasteiger partial charge in [-0.05, 0) is 41.2 Å². The molecule has 1 aromatic carbocycles. The molecule has 0 spiro atoms. The van der Waals surface area contributed by atoms with E-state index in [2.05, 4.69) is 23.5 Å². The third kappa shape index (κ3) is 1.68. The van der Waals surface area contributed by atoms with E-state index in [1.165, 1.54) is 11.1 Å². The van der Waals surface area contributed by atoms with Gasteiger partial charge in [0.25, 0.3) is 5.91 Å². The van der Waals surface area contributed by atoms with Crippen LogP contribution in [0.1, 0.15) is 23.6 Å². The number of carbonyl (C=O) groups excluding carboxylic acids is 1. The van der Waals surface area contributed by atoms with E-state index in [1.807, 2.05) is 36.4 Å². The minimum Gasteiger partial charge on any atom is -0.345 e. The first kappa shape index (κ1) is 11.5. The van der Waals surface area contributed by atoms with Crippen molar-refractivity contribution < 1.29 is 4.79 Å². The molecule has 3 aliphatic carbocycles. The first-order valence-electron chi connectivity index (χ1n) is 7.03. The summed E-state index contributed by atoms with van der Waals surface area (Å²) >= 11 is 0. The SMILES string of the molecule is O=C(N[C@@H]1CCc2ccccc21)C1=C2C=CC=C2C=C1. The summed E-state index contributed by atoms with van der Waals surface area (Å²) in [5.41, 5.74) is 5.61. The Labute approximate surface area is 118 Å². The zero-order chi connectivity index (χ0) is 13.5. The second kappa shape index (κ2) is 4.34. The van der Waals surface area contributed by atoms with Crippen molar-refractivity contribution in [3.63, 3.8) is 0 Å². The van der Waals surface area contributed by atoms with Crippen molar-refractivity contribution in [3.05, 3.63) is 82.5 Å². The molecule has 0 aromatic heterocycles. The minimum atomic E-state index is 0.0351. The molecule has 2 heteroatoms. The van der Waals surface area contributed by atoms with Gasteiger partial charge < -0.3 is 5.32 Å². The Balaban J connectivity index is 1.58. The normalized spacial score (nSPS) is 22.0. The minimum absolute atomic E-state index is 0.0351. The number of allylic oxidation sites excluding steroid dienone is 6. The lowest BCUT2D eigenvalue weighted by atomic mass is 10.1. The van der Waals surface area contributed by atoms with E-state index in [-0.39, 0.29) is 11.9 Å². The van der Waals surface area contributed by atoms with Gasteiger partial charge >= 0.3 is 0 Å². The van der Waals surface area contributed by atoms with E-state index < -0.39 is 0 Å². The Hall–Kier alpha value is -2.35. The molecular formula is C18H15NO. The molecule has 1 aromatic rings.